The molecule has 0 saturated carbocycles. The summed E-state index contributed by atoms with van der Waals surface area (Å²) in [6.45, 7) is 2.40. The van der Waals surface area contributed by atoms with Gasteiger partial charge in [0.2, 0.25) is 0 Å². The number of carbonyl (C=O) groups is 2. The van der Waals surface area contributed by atoms with Crippen molar-refractivity contribution in [2.24, 2.45) is 0 Å². The summed E-state index contributed by atoms with van der Waals surface area (Å²) in [7, 11) is 0. The zero-order chi connectivity index (χ0) is 19.8. The number of anilines is 2. The molecule has 1 aliphatic rings. The van der Waals surface area contributed by atoms with Crippen molar-refractivity contribution in [2.75, 3.05) is 11.9 Å². The fourth-order valence-corrected chi connectivity index (χ4v) is 3.22. The van der Waals surface area contributed by atoms with Crippen LogP contribution in [0.15, 0.2) is 48.5 Å². The summed E-state index contributed by atoms with van der Waals surface area (Å²) in [5.41, 5.74) is 0.681. The van der Waals surface area contributed by atoms with Gasteiger partial charge in [0, 0.05) is 22.5 Å². The number of hydrogen-bond acceptors (Lipinski definition) is 7. The lowest BCUT2D eigenvalue weighted by Gasteiger charge is -2.18. The van der Waals surface area contributed by atoms with Gasteiger partial charge in [0.25, 0.3) is 5.69 Å². The van der Waals surface area contributed by atoms with Gasteiger partial charge >= 0.3 is 11.9 Å². The van der Waals surface area contributed by atoms with Gasteiger partial charge in [-0.25, -0.2) is 9.59 Å². The lowest BCUT2D eigenvalue weighted by Crippen LogP contribution is -2.20. The molecule has 3 aromatic rings. The Kier molecular flexibility index (Phi) is 4.15. The maximum absolute atomic E-state index is 12.1. The van der Waals surface area contributed by atoms with E-state index in [2.05, 4.69) is 5.32 Å². The quantitative estimate of drug-likeness (QED) is 0.307. The Morgan fingerprint density at radius 3 is 2.46 bits per heavy atom. The summed E-state index contributed by atoms with van der Waals surface area (Å²) in [5.74, 6) is -0.999. The third-order valence-corrected chi connectivity index (χ3v) is 4.40. The average Bonchev–Trinajstić information content (AvgIpc) is 2.68. The molecule has 1 heterocycles. The number of esters is 2. The van der Waals surface area contributed by atoms with Crippen LogP contribution >= 0.6 is 0 Å². The molecule has 0 aromatic heterocycles. The molecule has 8 nitrogen and oxygen atoms in total. The van der Waals surface area contributed by atoms with Gasteiger partial charge in [-0.15, -0.1) is 0 Å². The van der Waals surface area contributed by atoms with Gasteiger partial charge in [-0.1, -0.05) is 12.1 Å². The summed E-state index contributed by atoms with van der Waals surface area (Å²) in [4.78, 5) is 35.3. The molecule has 1 N–H and O–H groups in total. The summed E-state index contributed by atoms with van der Waals surface area (Å²) >= 11 is 0. The van der Waals surface area contributed by atoms with E-state index in [1.54, 1.807) is 36.4 Å². The molecular weight excluding hydrogens is 364 g/mol. The third kappa shape index (κ3) is 2.81. The average molecular weight is 378 g/mol. The van der Waals surface area contributed by atoms with Crippen molar-refractivity contribution < 1.29 is 24.0 Å². The first-order valence-electron chi connectivity index (χ1n) is 8.50. The third-order valence-electron chi connectivity index (χ3n) is 4.40. The molecule has 0 saturated heterocycles. The van der Waals surface area contributed by atoms with Crippen LogP contribution in [-0.2, 0) is 4.74 Å². The summed E-state index contributed by atoms with van der Waals surface area (Å²) in [6, 6.07) is 12.8. The monoisotopic (exact) mass is 378 g/mol. The predicted molar refractivity (Wildman–Crippen MR) is 101 cm³/mol. The zero-order valence-electron chi connectivity index (χ0n) is 14.7. The van der Waals surface area contributed by atoms with Crippen molar-refractivity contribution in [3.63, 3.8) is 0 Å². The Labute approximate surface area is 158 Å². The fraction of sp³-hybridized carbons (Fsp3) is 0.100. The summed E-state index contributed by atoms with van der Waals surface area (Å²) in [6.07, 6.45) is 0. The first-order valence-corrected chi connectivity index (χ1v) is 8.50. The highest BCUT2D eigenvalue weighted by molar-refractivity contribution is 6.23. The van der Waals surface area contributed by atoms with Crippen LogP contribution in [0.1, 0.15) is 27.6 Å². The zero-order valence-corrected chi connectivity index (χ0v) is 14.7. The van der Waals surface area contributed by atoms with Gasteiger partial charge in [-0.2, -0.15) is 0 Å². The molecule has 8 heteroatoms. The van der Waals surface area contributed by atoms with Crippen molar-refractivity contribution in [1.82, 2.24) is 0 Å². The highest BCUT2D eigenvalue weighted by Gasteiger charge is 2.32. The molecule has 0 aliphatic carbocycles. The van der Waals surface area contributed by atoms with Crippen LogP contribution in [-0.4, -0.2) is 23.5 Å². The van der Waals surface area contributed by atoms with Crippen molar-refractivity contribution in [1.29, 1.82) is 0 Å². The molecule has 0 fully saturated rings. The predicted octanol–water partition coefficient (Wildman–Crippen LogP) is 4.20. The van der Waals surface area contributed by atoms with E-state index in [4.69, 9.17) is 9.47 Å². The highest BCUT2D eigenvalue weighted by atomic mass is 16.6. The van der Waals surface area contributed by atoms with Crippen LogP contribution in [0.5, 0.6) is 5.75 Å². The van der Waals surface area contributed by atoms with Gasteiger partial charge in [0.05, 0.1) is 22.7 Å². The van der Waals surface area contributed by atoms with E-state index in [9.17, 15) is 19.7 Å². The fourth-order valence-electron chi connectivity index (χ4n) is 3.22. The molecule has 28 heavy (non-hydrogen) atoms. The van der Waals surface area contributed by atoms with Gasteiger partial charge < -0.3 is 14.8 Å². The second-order valence-corrected chi connectivity index (χ2v) is 6.06. The number of carbonyl (C=O) groups excluding carboxylic acids is 2. The molecule has 0 unspecified atom stereocenters. The van der Waals surface area contributed by atoms with Gasteiger partial charge in [-0.05, 0) is 37.3 Å². The van der Waals surface area contributed by atoms with E-state index in [1.807, 2.05) is 6.92 Å². The minimum Gasteiger partial charge on any atom is -0.494 e. The standard InChI is InChI=1S/C20H14N2O6/c1-2-27-12-8-6-11(7-9-12)21-18-13-4-3-5-14-17(13)15(10-16(18)22(25)26)20(24)28-19(14)23/h3-10,21H,2H2,1H3. The number of nitro benzene ring substituents is 1. The number of nitrogens with zero attached hydrogens (tertiary/aromatic N) is 1. The van der Waals surface area contributed by atoms with Gasteiger partial charge in [-0.3, -0.25) is 10.1 Å². The van der Waals surface area contributed by atoms with Crippen LogP contribution in [0, 0.1) is 10.1 Å². The first kappa shape index (κ1) is 17.5. The van der Waals surface area contributed by atoms with E-state index in [-0.39, 0.29) is 22.5 Å². The largest absolute Gasteiger partial charge is 0.494 e. The number of hydrogen-bond donors (Lipinski definition) is 1. The van der Waals surface area contributed by atoms with Gasteiger partial charge in [0.15, 0.2) is 0 Å². The maximum Gasteiger partial charge on any atom is 0.346 e. The Morgan fingerprint density at radius 2 is 1.79 bits per heavy atom. The number of nitro groups is 1. The minimum absolute atomic E-state index is 0.00542. The number of cyclic esters (lactones) is 2. The Hall–Kier alpha value is -3.94. The lowest BCUT2D eigenvalue weighted by molar-refractivity contribution is -0.383. The smallest absolute Gasteiger partial charge is 0.346 e. The molecule has 0 spiro atoms. The SMILES string of the molecule is CCOc1ccc(Nc2c([N+](=O)[O-])cc3c4c(cccc24)C(=O)OC3=O)cc1. The molecule has 4 rings (SSSR count). The molecule has 1 aliphatic heterocycles. The van der Waals surface area contributed by atoms with Gasteiger partial charge in [0.1, 0.15) is 11.4 Å². The molecule has 140 valence electrons. The van der Waals surface area contributed by atoms with E-state index >= 15 is 0 Å². The molecule has 0 radical (unpaired) electrons. The summed E-state index contributed by atoms with van der Waals surface area (Å²) < 4.78 is 10.1. The van der Waals surface area contributed by atoms with Crippen LogP contribution in [0.2, 0.25) is 0 Å². The maximum atomic E-state index is 12.1. The second-order valence-electron chi connectivity index (χ2n) is 6.06. The summed E-state index contributed by atoms with van der Waals surface area (Å²) in [5, 5.41) is 15.4. The second kappa shape index (κ2) is 6.66. The first-order chi connectivity index (χ1) is 13.5. The van der Waals surface area contributed by atoms with E-state index in [1.165, 1.54) is 6.07 Å². The Balaban J connectivity index is 1.91. The number of nitrogens with one attached hydrogen (secondary N) is 1. The number of benzene rings is 3. The van der Waals surface area contributed by atoms with Crippen LogP contribution < -0.4 is 10.1 Å². The Morgan fingerprint density at radius 1 is 1.07 bits per heavy atom. The van der Waals surface area contributed by atoms with Crippen LogP contribution in [0.4, 0.5) is 17.1 Å². The molecular formula is C20H14N2O6. The minimum atomic E-state index is -0.899. The van der Waals surface area contributed by atoms with Crippen molar-refractivity contribution in [2.45, 2.75) is 6.92 Å². The van der Waals surface area contributed by atoms with Crippen LogP contribution in [0.3, 0.4) is 0 Å². The molecule has 0 atom stereocenters. The van der Waals surface area contributed by atoms with Crippen molar-refractivity contribution in [3.05, 3.63) is 69.8 Å². The normalized spacial score (nSPS) is 12.6. The van der Waals surface area contributed by atoms with E-state index in [0.29, 0.717) is 28.8 Å². The lowest BCUT2D eigenvalue weighted by atomic mass is 9.95. The molecule has 3 aromatic carbocycles. The van der Waals surface area contributed by atoms with Crippen molar-refractivity contribution in [3.8, 4) is 5.75 Å². The molecule has 0 amide bonds. The number of rotatable bonds is 5. The number of ether oxygens (including phenoxy) is 2. The van der Waals surface area contributed by atoms with E-state index in [0.717, 1.165) is 6.07 Å². The highest BCUT2D eigenvalue weighted by Crippen LogP contribution is 2.41. The molecule has 0 bridgehead atoms. The van der Waals surface area contributed by atoms with E-state index < -0.39 is 16.9 Å². The van der Waals surface area contributed by atoms with Crippen molar-refractivity contribution >= 4 is 39.8 Å². The topological polar surface area (TPSA) is 108 Å². The Bertz CT molecular complexity index is 1140. The van der Waals surface area contributed by atoms with Crippen LogP contribution in [0.25, 0.3) is 10.8 Å².